The predicted molar refractivity (Wildman–Crippen MR) is 83.7 cm³/mol. The Bertz CT molecular complexity index is 782. The molecule has 0 fully saturated rings. The van der Waals surface area contributed by atoms with E-state index in [0.29, 0.717) is 12.2 Å². The molecule has 0 spiro atoms. The summed E-state index contributed by atoms with van der Waals surface area (Å²) >= 11 is 1.20. The Labute approximate surface area is 132 Å². The van der Waals surface area contributed by atoms with Crippen molar-refractivity contribution in [2.75, 3.05) is 6.54 Å². The fourth-order valence-corrected chi connectivity index (χ4v) is 3.42. The lowest BCUT2D eigenvalue weighted by Crippen LogP contribution is -2.42. The van der Waals surface area contributed by atoms with E-state index in [9.17, 15) is 4.79 Å². The Kier molecular flexibility index (Phi) is 3.23. The molecule has 0 N–H and O–H groups in total. The smallest absolute Gasteiger partial charge is 0.276 e. The van der Waals surface area contributed by atoms with Crippen LogP contribution in [-0.4, -0.2) is 31.5 Å². The third-order valence-electron chi connectivity index (χ3n) is 3.99. The zero-order valence-corrected chi connectivity index (χ0v) is 12.6. The largest absolute Gasteiger partial charge is 0.348 e. The molecule has 0 radical (unpaired) electrons. The van der Waals surface area contributed by atoms with E-state index in [1.165, 1.54) is 11.5 Å². The average molecular weight is 310 g/mol. The first kappa shape index (κ1) is 13.2. The lowest BCUT2D eigenvalue weighted by Gasteiger charge is -2.37. The number of amides is 1. The third kappa shape index (κ3) is 2.12. The fourth-order valence-electron chi connectivity index (χ4n) is 2.99. The number of benzene rings is 1. The summed E-state index contributed by atoms with van der Waals surface area (Å²) in [6.45, 7) is 1.46. The van der Waals surface area contributed by atoms with Crippen LogP contribution in [0.5, 0.6) is 0 Å². The van der Waals surface area contributed by atoms with E-state index in [1.807, 2.05) is 29.2 Å². The molecule has 1 aliphatic rings. The van der Waals surface area contributed by atoms with Gasteiger partial charge in [0.1, 0.15) is 0 Å². The quantitative estimate of drug-likeness (QED) is 0.731. The second-order valence-corrected chi connectivity index (χ2v) is 5.84. The number of fused-ring (bicyclic) bond motifs is 1. The molecule has 1 aliphatic heterocycles. The van der Waals surface area contributed by atoms with Crippen LogP contribution in [0, 0.1) is 0 Å². The summed E-state index contributed by atoms with van der Waals surface area (Å²) in [5.74, 6) is -0.0601. The Morgan fingerprint density at radius 1 is 1.14 bits per heavy atom. The lowest BCUT2D eigenvalue weighted by atomic mass is 9.99. The molecule has 0 bridgehead atoms. The molecule has 3 aromatic rings. The van der Waals surface area contributed by atoms with Crippen molar-refractivity contribution in [1.29, 1.82) is 0 Å². The summed E-state index contributed by atoms with van der Waals surface area (Å²) in [5.41, 5.74) is 2.67. The molecule has 0 saturated heterocycles. The number of hydrogen-bond acceptors (Lipinski definition) is 4. The van der Waals surface area contributed by atoms with Crippen LogP contribution in [0.3, 0.4) is 0 Å². The van der Waals surface area contributed by atoms with Gasteiger partial charge in [-0.25, -0.2) is 0 Å². The number of carbonyl (C=O) groups excluding carboxylic acids is 1. The van der Waals surface area contributed by atoms with Gasteiger partial charge in [-0.1, -0.05) is 34.8 Å². The molecule has 1 unspecified atom stereocenters. The van der Waals surface area contributed by atoms with Gasteiger partial charge in [0.15, 0.2) is 5.69 Å². The second kappa shape index (κ2) is 5.38. The van der Waals surface area contributed by atoms with E-state index >= 15 is 0 Å². The van der Waals surface area contributed by atoms with Gasteiger partial charge >= 0.3 is 0 Å². The highest BCUT2D eigenvalue weighted by molar-refractivity contribution is 7.03. The molecule has 1 aromatic carbocycles. The molecular weight excluding hydrogens is 296 g/mol. The summed E-state index contributed by atoms with van der Waals surface area (Å²) in [6.07, 6.45) is 2.07. The number of hydrogen-bond donors (Lipinski definition) is 0. The maximum absolute atomic E-state index is 12.8. The molecule has 1 atom stereocenters. The lowest BCUT2D eigenvalue weighted by molar-refractivity contribution is 0.0658. The van der Waals surface area contributed by atoms with Crippen molar-refractivity contribution in [3.05, 3.63) is 71.0 Å². The number of rotatable bonds is 2. The number of carbonyl (C=O) groups is 1. The van der Waals surface area contributed by atoms with Crippen LogP contribution in [0.25, 0.3) is 0 Å². The topological polar surface area (TPSA) is 51.0 Å². The molecule has 0 saturated carbocycles. The molecule has 22 heavy (non-hydrogen) atoms. The minimum absolute atomic E-state index is 0.0601. The van der Waals surface area contributed by atoms with Crippen LogP contribution in [0.15, 0.2) is 54.0 Å². The number of nitrogens with zero attached hydrogens (tertiary/aromatic N) is 4. The summed E-state index contributed by atoms with van der Waals surface area (Å²) in [6, 6.07) is 14.1. The minimum atomic E-state index is -0.0841. The van der Waals surface area contributed by atoms with Crippen molar-refractivity contribution < 1.29 is 4.79 Å². The zero-order chi connectivity index (χ0) is 14.9. The second-order valence-electron chi connectivity index (χ2n) is 5.23. The van der Waals surface area contributed by atoms with Gasteiger partial charge in [0, 0.05) is 30.4 Å². The zero-order valence-electron chi connectivity index (χ0n) is 11.8. The molecule has 5 nitrogen and oxygen atoms in total. The maximum atomic E-state index is 12.8. The van der Waals surface area contributed by atoms with Gasteiger partial charge in [-0.3, -0.25) is 4.79 Å². The molecule has 110 valence electrons. The van der Waals surface area contributed by atoms with E-state index in [1.54, 1.807) is 5.38 Å². The first-order chi connectivity index (χ1) is 10.8. The minimum Gasteiger partial charge on any atom is -0.348 e. The first-order valence-electron chi connectivity index (χ1n) is 7.12. The molecule has 1 amide bonds. The van der Waals surface area contributed by atoms with Crippen LogP contribution < -0.4 is 0 Å². The molecule has 3 heterocycles. The normalized spacial score (nSPS) is 17.3. The van der Waals surface area contributed by atoms with E-state index in [-0.39, 0.29) is 11.9 Å². The highest BCUT2D eigenvalue weighted by Crippen LogP contribution is 2.33. The monoisotopic (exact) mass is 310 g/mol. The Morgan fingerprint density at radius 3 is 2.77 bits per heavy atom. The standard InChI is InChI=1S/C16H14N4OS/c21-16(13-11-22-18-17-13)20-10-9-19-8-4-7-14(19)15(20)12-5-2-1-3-6-12/h1-8,11,15H,9-10H2. The summed E-state index contributed by atoms with van der Waals surface area (Å²) in [4.78, 5) is 14.7. The molecule has 0 aliphatic carbocycles. The van der Waals surface area contributed by atoms with Crippen molar-refractivity contribution in [1.82, 2.24) is 19.1 Å². The molecule has 4 rings (SSSR count). The van der Waals surface area contributed by atoms with Crippen LogP contribution in [0.1, 0.15) is 27.8 Å². The van der Waals surface area contributed by atoms with Gasteiger partial charge in [0.05, 0.1) is 6.04 Å². The Hall–Kier alpha value is -2.47. The van der Waals surface area contributed by atoms with Gasteiger partial charge in [-0.05, 0) is 29.2 Å². The van der Waals surface area contributed by atoms with Crippen LogP contribution in [0.2, 0.25) is 0 Å². The Balaban J connectivity index is 1.79. The van der Waals surface area contributed by atoms with Gasteiger partial charge in [-0.2, -0.15) is 0 Å². The van der Waals surface area contributed by atoms with Gasteiger partial charge in [-0.15, -0.1) is 5.10 Å². The van der Waals surface area contributed by atoms with Crippen LogP contribution in [-0.2, 0) is 6.54 Å². The van der Waals surface area contributed by atoms with E-state index in [2.05, 4.69) is 38.5 Å². The molecular formula is C16H14N4OS. The molecule has 2 aromatic heterocycles. The maximum Gasteiger partial charge on any atom is 0.276 e. The van der Waals surface area contributed by atoms with E-state index < -0.39 is 0 Å². The fraction of sp³-hybridized carbons (Fsp3) is 0.188. The summed E-state index contributed by atoms with van der Waals surface area (Å²) < 4.78 is 6.02. The first-order valence-corrected chi connectivity index (χ1v) is 7.96. The summed E-state index contributed by atoms with van der Waals surface area (Å²) in [7, 11) is 0. The van der Waals surface area contributed by atoms with Gasteiger partial charge in [0.2, 0.25) is 0 Å². The highest BCUT2D eigenvalue weighted by atomic mass is 32.1. The number of aromatic nitrogens is 3. The SMILES string of the molecule is O=C(c1csnn1)N1CCn2cccc2C1c1ccccc1. The van der Waals surface area contributed by atoms with Crippen LogP contribution in [0.4, 0.5) is 0 Å². The van der Waals surface area contributed by atoms with Crippen molar-refractivity contribution in [3.8, 4) is 0 Å². The third-order valence-corrected chi connectivity index (χ3v) is 4.50. The van der Waals surface area contributed by atoms with Crippen LogP contribution >= 0.6 is 11.5 Å². The Morgan fingerprint density at radius 2 is 2.00 bits per heavy atom. The average Bonchev–Trinajstić information content (AvgIpc) is 3.25. The van der Waals surface area contributed by atoms with E-state index in [0.717, 1.165) is 17.8 Å². The van der Waals surface area contributed by atoms with Crippen molar-refractivity contribution >= 4 is 17.4 Å². The van der Waals surface area contributed by atoms with Crippen molar-refractivity contribution in [2.45, 2.75) is 12.6 Å². The van der Waals surface area contributed by atoms with Crippen molar-refractivity contribution in [3.63, 3.8) is 0 Å². The van der Waals surface area contributed by atoms with Crippen molar-refractivity contribution in [2.24, 2.45) is 0 Å². The predicted octanol–water partition coefficient (Wildman–Crippen LogP) is 2.59. The summed E-state index contributed by atoms with van der Waals surface area (Å²) in [5, 5.41) is 5.64. The molecule has 6 heteroatoms. The van der Waals surface area contributed by atoms with E-state index in [4.69, 9.17) is 0 Å². The van der Waals surface area contributed by atoms with Gasteiger partial charge in [0.25, 0.3) is 5.91 Å². The highest BCUT2D eigenvalue weighted by Gasteiger charge is 2.33. The van der Waals surface area contributed by atoms with Gasteiger partial charge < -0.3 is 9.47 Å².